The predicted molar refractivity (Wildman–Crippen MR) is 118 cm³/mol. The van der Waals surface area contributed by atoms with E-state index in [1.807, 2.05) is 43.3 Å². The minimum absolute atomic E-state index is 0.132. The van der Waals surface area contributed by atoms with Gasteiger partial charge < -0.3 is 19.3 Å². The maximum atomic E-state index is 12.8. The molecule has 8 nitrogen and oxygen atoms in total. The van der Waals surface area contributed by atoms with Crippen molar-refractivity contribution < 1.29 is 18.8 Å². The largest absolute Gasteiger partial charge is 0.450 e. The lowest BCUT2D eigenvalue weighted by Gasteiger charge is -2.21. The van der Waals surface area contributed by atoms with Gasteiger partial charge in [-0.2, -0.15) is 5.10 Å². The fourth-order valence-electron chi connectivity index (χ4n) is 4.04. The van der Waals surface area contributed by atoms with Gasteiger partial charge in [-0.15, -0.1) is 6.58 Å². The number of H-pyrrole nitrogens is 1. The Hall–Kier alpha value is -3.55. The molecule has 2 aliphatic rings. The van der Waals surface area contributed by atoms with E-state index in [-0.39, 0.29) is 18.2 Å². The van der Waals surface area contributed by atoms with Gasteiger partial charge in [-0.1, -0.05) is 23.4 Å². The molecule has 3 heterocycles. The van der Waals surface area contributed by atoms with Crippen LogP contribution in [0.25, 0.3) is 0 Å². The average molecular weight is 434 g/mol. The van der Waals surface area contributed by atoms with Gasteiger partial charge in [0, 0.05) is 17.5 Å². The molecule has 2 N–H and O–H groups in total. The molecule has 1 aromatic carbocycles. The van der Waals surface area contributed by atoms with Crippen LogP contribution in [-0.4, -0.2) is 27.6 Å². The first-order valence-electron chi connectivity index (χ1n) is 11.0. The van der Waals surface area contributed by atoms with Crippen LogP contribution in [0.3, 0.4) is 0 Å². The molecule has 1 atom stereocenters. The number of allylic oxidation sites excluding steroid dienone is 1. The fraction of sp³-hybridized carbons (Fsp3) is 0.375. The molecule has 0 saturated heterocycles. The quantitative estimate of drug-likeness (QED) is 0.477. The number of aromatic amines is 1. The van der Waals surface area contributed by atoms with Gasteiger partial charge in [0.15, 0.2) is 11.5 Å². The molecular weight excluding hydrogens is 408 g/mol. The van der Waals surface area contributed by atoms with E-state index in [9.17, 15) is 4.79 Å². The van der Waals surface area contributed by atoms with Gasteiger partial charge >= 0.3 is 0 Å². The lowest BCUT2D eigenvalue weighted by molar-refractivity contribution is -0.115. The zero-order valence-electron chi connectivity index (χ0n) is 18.0. The van der Waals surface area contributed by atoms with Crippen LogP contribution in [0.4, 0.5) is 5.82 Å². The minimum Gasteiger partial charge on any atom is -0.450 e. The first-order valence-corrected chi connectivity index (χ1v) is 11.0. The maximum absolute atomic E-state index is 12.8. The topological polar surface area (TPSA) is 102 Å². The third-order valence-corrected chi connectivity index (χ3v) is 5.92. The zero-order valence-corrected chi connectivity index (χ0v) is 18.0. The molecule has 32 heavy (non-hydrogen) atoms. The normalized spacial score (nSPS) is 16.2. The van der Waals surface area contributed by atoms with Gasteiger partial charge in [0.2, 0.25) is 12.2 Å². The van der Waals surface area contributed by atoms with E-state index in [2.05, 4.69) is 27.2 Å². The molecule has 1 unspecified atom stereocenters. The van der Waals surface area contributed by atoms with E-state index in [1.165, 1.54) is 0 Å². The molecule has 3 aromatic rings. The van der Waals surface area contributed by atoms with Crippen LogP contribution in [0.1, 0.15) is 60.2 Å². The summed E-state index contributed by atoms with van der Waals surface area (Å²) in [4.78, 5) is 12.8. The number of carbonyl (C=O) groups excluding carboxylic acids is 1. The van der Waals surface area contributed by atoms with Crippen molar-refractivity contribution in [3.63, 3.8) is 0 Å². The SMILES string of the molecule is C=CCCC(c1noc(C)c1CC(=O)Nc1cc(C2CC2)n[nH]1)C1Oc2ccccc2O1. The van der Waals surface area contributed by atoms with Gasteiger partial charge in [-0.25, -0.2) is 0 Å². The van der Waals surface area contributed by atoms with Gasteiger partial charge in [0.1, 0.15) is 11.6 Å². The number of anilines is 1. The second-order valence-corrected chi connectivity index (χ2v) is 8.33. The molecule has 1 amide bonds. The van der Waals surface area contributed by atoms with E-state index in [4.69, 9.17) is 14.0 Å². The molecule has 0 spiro atoms. The van der Waals surface area contributed by atoms with Crippen LogP contribution in [0, 0.1) is 6.92 Å². The van der Waals surface area contributed by atoms with Crippen molar-refractivity contribution in [2.24, 2.45) is 0 Å². The summed E-state index contributed by atoms with van der Waals surface area (Å²) in [5.74, 6) is 2.76. The number of amides is 1. The van der Waals surface area contributed by atoms with Gasteiger partial charge in [0.25, 0.3) is 0 Å². The van der Waals surface area contributed by atoms with Crippen molar-refractivity contribution in [3.8, 4) is 11.5 Å². The second kappa shape index (κ2) is 8.53. The monoisotopic (exact) mass is 434 g/mol. The number of rotatable bonds is 9. The van der Waals surface area contributed by atoms with E-state index < -0.39 is 6.29 Å². The highest BCUT2D eigenvalue weighted by atomic mass is 16.7. The summed E-state index contributed by atoms with van der Waals surface area (Å²) in [6.07, 6.45) is 5.20. The van der Waals surface area contributed by atoms with Gasteiger partial charge in [0.05, 0.1) is 23.7 Å². The Bertz CT molecular complexity index is 1110. The highest BCUT2D eigenvalue weighted by molar-refractivity contribution is 5.91. The molecule has 5 rings (SSSR count). The van der Waals surface area contributed by atoms with E-state index in [0.717, 1.165) is 30.5 Å². The van der Waals surface area contributed by atoms with Crippen molar-refractivity contribution >= 4 is 11.7 Å². The van der Waals surface area contributed by atoms with Crippen molar-refractivity contribution in [1.29, 1.82) is 0 Å². The molecule has 8 heteroatoms. The minimum atomic E-state index is -0.549. The summed E-state index contributed by atoms with van der Waals surface area (Å²) in [5, 5.41) is 14.4. The lowest BCUT2D eigenvalue weighted by Crippen LogP contribution is -2.29. The molecule has 2 aromatic heterocycles. The Balaban J connectivity index is 1.34. The predicted octanol–water partition coefficient (Wildman–Crippen LogP) is 4.61. The summed E-state index contributed by atoms with van der Waals surface area (Å²) in [5.41, 5.74) is 2.43. The molecule has 1 aliphatic carbocycles. The number of aromatic nitrogens is 3. The zero-order chi connectivity index (χ0) is 22.1. The van der Waals surface area contributed by atoms with Gasteiger partial charge in [-0.3, -0.25) is 9.89 Å². The van der Waals surface area contributed by atoms with E-state index in [0.29, 0.717) is 41.1 Å². The lowest BCUT2D eigenvalue weighted by atomic mass is 9.93. The summed E-state index contributed by atoms with van der Waals surface area (Å²) >= 11 is 0. The average Bonchev–Trinajstić information content (AvgIpc) is 3.21. The van der Waals surface area contributed by atoms with Crippen LogP contribution < -0.4 is 14.8 Å². The van der Waals surface area contributed by atoms with Crippen molar-refractivity contribution in [3.05, 3.63) is 65.7 Å². The van der Waals surface area contributed by atoms with E-state index in [1.54, 1.807) is 0 Å². The number of carbonyl (C=O) groups is 1. The highest BCUT2D eigenvalue weighted by Crippen LogP contribution is 2.41. The second-order valence-electron chi connectivity index (χ2n) is 8.33. The number of aryl methyl sites for hydroxylation is 1. The van der Waals surface area contributed by atoms with E-state index >= 15 is 0 Å². The van der Waals surface area contributed by atoms with Crippen LogP contribution in [-0.2, 0) is 11.2 Å². The molecule has 1 aliphatic heterocycles. The third-order valence-electron chi connectivity index (χ3n) is 5.92. The number of ether oxygens (including phenoxy) is 2. The van der Waals surface area contributed by atoms with Gasteiger partial charge in [-0.05, 0) is 44.7 Å². The molecule has 1 saturated carbocycles. The smallest absolute Gasteiger partial charge is 0.249 e. The number of fused-ring (bicyclic) bond motifs is 1. The Morgan fingerprint density at radius 3 is 2.75 bits per heavy atom. The van der Waals surface area contributed by atoms with Crippen LogP contribution >= 0.6 is 0 Å². The van der Waals surface area contributed by atoms with Crippen LogP contribution in [0.15, 0.2) is 47.5 Å². The highest BCUT2D eigenvalue weighted by Gasteiger charge is 2.37. The first kappa shape index (κ1) is 20.4. The first-order chi connectivity index (χ1) is 15.6. The molecule has 1 fully saturated rings. The Labute approximate surface area is 186 Å². The Kier molecular flexibility index (Phi) is 5.43. The van der Waals surface area contributed by atoms with Crippen molar-refractivity contribution in [2.45, 2.75) is 57.2 Å². The number of hydrogen-bond acceptors (Lipinski definition) is 6. The third kappa shape index (κ3) is 4.12. The van der Waals surface area contributed by atoms with Crippen molar-refractivity contribution in [1.82, 2.24) is 15.4 Å². The molecule has 0 bridgehead atoms. The summed E-state index contributed by atoms with van der Waals surface area (Å²) < 4.78 is 17.6. The molecular formula is C24H26N4O4. The fourth-order valence-corrected chi connectivity index (χ4v) is 4.04. The number of para-hydroxylation sites is 2. The van der Waals surface area contributed by atoms with Crippen LogP contribution in [0.5, 0.6) is 11.5 Å². The molecule has 0 radical (unpaired) electrons. The standard InChI is InChI=1S/C24H26N4O4/c1-3-4-7-16(24-30-19-8-5-6-9-20(19)31-24)23-17(14(2)32-28-23)12-22(29)25-21-13-18(26-27-21)15-10-11-15/h3,5-6,8-9,13,15-16,24H,1,4,7,10-12H2,2H3,(H2,25,26,27,29). The summed E-state index contributed by atoms with van der Waals surface area (Å²) in [7, 11) is 0. The Morgan fingerprint density at radius 2 is 2.06 bits per heavy atom. The number of nitrogens with zero attached hydrogens (tertiary/aromatic N) is 2. The van der Waals surface area contributed by atoms with Crippen LogP contribution in [0.2, 0.25) is 0 Å². The summed E-state index contributed by atoms with van der Waals surface area (Å²) in [6.45, 7) is 5.65. The number of hydrogen-bond donors (Lipinski definition) is 2. The number of nitrogens with one attached hydrogen (secondary N) is 2. The summed E-state index contributed by atoms with van der Waals surface area (Å²) in [6, 6.07) is 9.47. The van der Waals surface area contributed by atoms with Crippen molar-refractivity contribution in [2.75, 3.05) is 5.32 Å². The molecule has 166 valence electrons. The Morgan fingerprint density at radius 1 is 1.31 bits per heavy atom. The number of benzene rings is 1. The maximum Gasteiger partial charge on any atom is 0.249 e.